The average Bonchev–Trinajstić information content (AvgIpc) is 2.26. The van der Waals surface area contributed by atoms with Crippen LogP contribution in [0.5, 0.6) is 5.75 Å². The van der Waals surface area contributed by atoms with Crippen LogP contribution >= 0.6 is 0 Å². The molecule has 0 spiro atoms. The molecule has 72 valence electrons. The van der Waals surface area contributed by atoms with E-state index in [9.17, 15) is 4.79 Å². The number of aldehydes is 1. The molecule has 3 heteroatoms. The molecule has 0 fully saturated rings. The number of rotatable bonds is 4. The average molecular weight is 189 g/mol. The maximum absolute atomic E-state index is 10.7. The van der Waals surface area contributed by atoms with Gasteiger partial charge in [0.25, 0.3) is 0 Å². The second kappa shape index (κ2) is 5.03. The highest BCUT2D eigenvalue weighted by Gasteiger charge is 2.09. The minimum Gasteiger partial charge on any atom is -0.497 e. The van der Waals surface area contributed by atoms with Crippen molar-refractivity contribution in [3.05, 3.63) is 29.8 Å². The van der Waals surface area contributed by atoms with E-state index in [1.807, 2.05) is 6.07 Å². The van der Waals surface area contributed by atoms with Crippen LogP contribution in [0.2, 0.25) is 0 Å². The van der Waals surface area contributed by atoms with Crippen LogP contribution in [0.4, 0.5) is 0 Å². The van der Waals surface area contributed by atoms with Crippen LogP contribution in [0.1, 0.15) is 17.9 Å². The zero-order valence-corrected chi connectivity index (χ0v) is 7.93. The van der Waals surface area contributed by atoms with Crippen LogP contribution in [0, 0.1) is 11.3 Å². The van der Waals surface area contributed by atoms with Gasteiger partial charge < -0.3 is 9.53 Å². The van der Waals surface area contributed by atoms with Gasteiger partial charge in [-0.1, -0.05) is 12.1 Å². The smallest absolute Gasteiger partial charge is 0.128 e. The van der Waals surface area contributed by atoms with Gasteiger partial charge in [0, 0.05) is 6.42 Å². The van der Waals surface area contributed by atoms with E-state index in [2.05, 4.69) is 0 Å². The standard InChI is InChI=1S/C11H11NO2/c1-14-11-4-2-9(3-5-11)10(8-13)6-7-12/h2-5,8,10H,6H2,1H3/t10-/m1/s1. The van der Waals surface area contributed by atoms with Crippen LogP contribution in [0.25, 0.3) is 0 Å². The Morgan fingerprint density at radius 1 is 1.50 bits per heavy atom. The summed E-state index contributed by atoms with van der Waals surface area (Å²) in [6.45, 7) is 0. The van der Waals surface area contributed by atoms with Gasteiger partial charge in [0.1, 0.15) is 12.0 Å². The molecule has 1 atom stereocenters. The second-order valence-electron chi connectivity index (χ2n) is 2.88. The number of carbonyl (C=O) groups is 1. The molecule has 0 aliphatic heterocycles. The molecule has 3 nitrogen and oxygen atoms in total. The first-order valence-corrected chi connectivity index (χ1v) is 4.28. The summed E-state index contributed by atoms with van der Waals surface area (Å²) in [5.74, 6) is 0.418. The molecule has 0 aromatic heterocycles. The van der Waals surface area contributed by atoms with E-state index < -0.39 is 0 Å². The lowest BCUT2D eigenvalue weighted by Gasteiger charge is -2.06. The Labute approximate surface area is 82.9 Å². The van der Waals surface area contributed by atoms with Crippen LogP contribution in [0.3, 0.4) is 0 Å². The van der Waals surface area contributed by atoms with Gasteiger partial charge in [0.15, 0.2) is 0 Å². The first kappa shape index (κ1) is 10.3. The van der Waals surface area contributed by atoms with Crippen molar-refractivity contribution >= 4 is 6.29 Å². The molecule has 0 aliphatic rings. The summed E-state index contributed by atoms with van der Waals surface area (Å²) in [5, 5.41) is 8.50. The summed E-state index contributed by atoms with van der Waals surface area (Å²) >= 11 is 0. The summed E-state index contributed by atoms with van der Waals surface area (Å²) in [5.41, 5.74) is 0.849. The molecule has 0 radical (unpaired) electrons. The number of methoxy groups -OCH3 is 1. The SMILES string of the molecule is COc1ccc([C@@H](C=O)CC#N)cc1. The molecule has 0 saturated carbocycles. The van der Waals surface area contributed by atoms with E-state index in [1.165, 1.54) is 0 Å². The van der Waals surface area contributed by atoms with E-state index >= 15 is 0 Å². The van der Waals surface area contributed by atoms with Gasteiger partial charge in [0.2, 0.25) is 0 Å². The fraction of sp³-hybridized carbons (Fsp3) is 0.273. The van der Waals surface area contributed by atoms with Gasteiger partial charge in [0.05, 0.1) is 19.1 Å². The number of ether oxygens (including phenoxy) is 1. The lowest BCUT2D eigenvalue weighted by molar-refractivity contribution is -0.109. The van der Waals surface area contributed by atoms with Crippen molar-refractivity contribution in [3.63, 3.8) is 0 Å². The minimum atomic E-state index is -0.328. The Balaban J connectivity index is 2.84. The molecule has 0 saturated heterocycles. The van der Waals surface area contributed by atoms with Gasteiger partial charge in [-0.05, 0) is 17.7 Å². The Bertz CT molecular complexity index is 337. The molecular weight excluding hydrogens is 178 g/mol. The molecule has 0 heterocycles. The maximum Gasteiger partial charge on any atom is 0.128 e. The largest absolute Gasteiger partial charge is 0.497 e. The van der Waals surface area contributed by atoms with E-state index in [0.717, 1.165) is 17.6 Å². The van der Waals surface area contributed by atoms with Gasteiger partial charge in [-0.3, -0.25) is 0 Å². The van der Waals surface area contributed by atoms with Gasteiger partial charge in [-0.2, -0.15) is 5.26 Å². The first-order valence-electron chi connectivity index (χ1n) is 4.28. The summed E-state index contributed by atoms with van der Waals surface area (Å²) in [4.78, 5) is 10.7. The number of nitriles is 1. The van der Waals surface area contributed by atoms with Crippen LogP contribution < -0.4 is 4.74 Å². The van der Waals surface area contributed by atoms with Crippen molar-refractivity contribution in [1.29, 1.82) is 5.26 Å². The van der Waals surface area contributed by atoms with Gasteiger partial charge in [-0.15, -0.1) is 0 Å². The topological polar surface area (TPSA) is 50.1 Å². The molecule has 1 rings (SSSR count). The van der Waals surface area contributed by atoms with E-state index in [4.69, 9.17) is 10.00 Å². The Kier molecular flexibility index (Phi) is 3.69. The van der Waals surface area contributed by atoms with E-state index in [-0.39, 0.29) is 12.3 Å². The second-order valence-corrected chi connectivity index (χ2v) is 2.88. The molecule has 1 aromatic carbocycles. The highest BCUT2D eigenvalue weighted by Crippen LogP contribution is 2.20. The summed E-state index contributed by atoms with van der Waals surface area (Å²) < 4.78 is 4.99. The third kappa shape index (κ3) is 2.33. The predicted octanol–water partition coefficient (Wildman–Crippen LogP) is 1.89. The quantitative estimate of drug-likeness (QED) is 0.679. The molecule has 0 N–H and O–H groups in total. The van der Waals surface area contributed by atoms with Gasteiger partial charge >= 0.3 is 0 Å². The third-order valence-electron chi connectivity index (χ3n) is 2.02. The van der Waals surface area contributed by atoms with Crippen LogP contribution in [-0.4, -0.2) is 13.4 Å². The maximum atomic E-state index is 10.7. The zero-order valence-electron chi connectivity index (χ0n) is 7.93. The Morgan fingerprint density at radius 2 is 2.14 bits per heavy atom. The summed E-state index contributed by atoms with van der Waals surface area (Å²) in [6, 6.07) is 9.15. The summed E-state index contributed by atoms with van der Waals surface area (Å²) in [7, 11) is 1.58. The fourth-order valence-electron chi connectivity index (χ4n) is 1.19. The molecule has 1 aromatic rings. The predicted molar refractivity (Wildman–Crippen MR) is 52.0 cm³/mol. The minimum absolute atomic E-state index is 0.218. The third-order valence-corrected chi connectivity index (χ3v) is 2.02. The number of carbonyl (C=O) groups excluding carboxylic acids is 1. The number of nitrogens with zero attached hydrogens (tertiary/aromatic N) is 1. The van der Waals surface area contributed by atoms with Crippen LogP contribution in [-0.2, 0) is 4.79 Å². The van der Waals surface area contributed by atoms with Crippen molar-refractivity contribution in [2.24, 2.45) is 0 Å². The molecule has 0 bridgehead atoms. The van der Waals surface area contributed by atoms with E-state index in [0.29, 0.717) is 0 Å². The van der Waals surface area contributed by atoms with Crippen molar-refractivity contribution in [3.8, 4) is 11.8 Å². The molecular formula is C11H11NO2. The monoisotopic (exact) mass is 189 g/mol. The Hall–Kier alpha value is -1.82. The number of hydrogen-bond acceptors (Lipinski definition) is 3. The van der Waals surface area contributed by atoms with Crippen molar-refractivity contribution < 1.29 is 9.53 Å². The summed E-state index contributed by atoms with van der Waals surface area (Å²) in [6.07, 6.45) is 1.01. The highest BCUT2D eigenvalue weighted by atomic mass is 16.5. The van der Waals surface area contributed by atoms with Crippen molar-refractivity contribution in [2.45, 2.75) is 12.3 Å². The molecule has 14 heavy (non-hydrogen) atoms. The molecule has 0 aliphatic carbocycles. The fourth-order valence-corrected chi connectivity index (χ4v) is 1.19. The Morgan fingerprint density at radius 3 is 2.57 bits per heavy atom. The normalized spacial score (nSPS) is 11.4. The molecule has 0 unspecified atom stereocenters. The lowest BCUT2D eigenvalue weighted by atomic mass is 9.98. The van der Waals surface area contributed by atoms with E-state index in [1.54, 1.807) is 31.4 Å². The lowest BCUT2D eigenvalue weighted by Crippen LogP contribution is -1.98. The van der Waals surface area contributed by atoms with Crippen molar-refractivity contribution in [1.82, 2.24) is 0 Å². The van der Waals surface area contributed by atoms with Crippen molar-refractivity contribution in [2.75, 3.05) is 7.11 Å². The molecule has 0 amide bonds. The number of benzene rings is 1. The number of hydrogen-bond donors (Lipinski definition) is 0. The first-order chi connectivity index (χ1) is 6.81. The highest BCUT2D eigenvalue weighted by molar-refractivity contribution is 5.62. The van der Waals surface area contributed by atoms with Gasteiger partial charge in [-0.25, -0.2) is 0 Å². The van der Waals surface area contributed by atoms with Crippen LogP contribution in [0.15, 0.2) is 24.3 Å². The zero-order chi connectivity index (χ0) is 10.4.